The molecule has 1 aliphatic rings. The largest absolute Gasteiger partial charge is 0.218 e. The van der Waals surface area contributed by atoms with Gasteiger partial charge in [-0.1, -0.05) is 27.2 Å². The molecule has 3 nitrogen and oxygen atoms in total. The van der Waals surface area contributed by atoms with Crippen LogP contribution in [0.15, 0.2) is 0 Å². The van der Waals surface area contributed by atoms with Crippen molar-refractivity contribution in [2.75, 3.05) is 7.05 Å². The Morgan fingerprint density at radius 1 is 1.27 bits per heavy atom. The van der Waals surface area contributed by atoms with E-state index in [-0.39, 0.29) is 5.25 Å². The zero-order chi connectivity index (χ0) is 11.6. The fraction of sp³-hybridized carbons (Fsp3) is 1.00. The molecule has 0 radical (unpaired) electrons. The van der Waals surface area contributed by atoms with Gasteiger partial charge >= 0.3 is 0 Å². The summed E-state index contributed by atoms with van der Waals surface area (Å²) in [6.45, 7) is 6.40. The van der Waals surface area contributed by atoms with Crippen molar-refractivity contribution >= 4 is 10.0 Å². The highest BCUT2D eigenvalue weighted by atomic mass is 32.2. The van der Waals surface area contributed by atoms with Gasteiger partial charge in [-0.2, -0.15) is 0 Å². The van der Waals surface area contributed by atoms with Gasteiger partial charge in [-0.3, -0.25) is 0 Å². The number of nitrogens with one attached hydrogen (secondary N) is 1. The molecule has 0 bridgehead atoms. The molecule has 1 saturated carbocycles. The lowest BCUT2D eigenvalue weighted by atomic mass is 9.77. The van der Waals surface area contributed by atoms with Crippen LogP contribution in [0.4, 0.5) is 0 Å². The summed E-state index contributed by atoms with van der Waals surface area (Å²) in [6, 6.07) is 0. The lowest BCUT2D eigenvalue weighted by molar-refractivity contribution is 0.236. The zero-order valence-corrected chi connectivity index (χ0v) is 11.0. The van der Waals surface area contributed by atoms with E-state index in [4.69, 9.17) is 0 Å². The molecule has 15 heavy (non-hydrogen) atoms. The van der Waals surface area contributed by atoms with Crippen LogP contribution in [-0.4, -0.2) is 20.7 Å². The Morgan fingerprint density at radius 2 is 1.87 bits per heavy atom. The van der Waals surface area contributed by atoms with Crippen LogP contribution in [-0.2, 0) is 10.0 Å². The van der Waals surface area contributed by atoms with Crippen molar-refractivity contribution in [3.05, 3.63) is 0 Å². The van der Waals surface area contributed by atoms with E-state index in [0.29, 0.717) is 17.8 Å². The van der Waals surface area contributed by atoms with Gasteiger partial charge in [0.05, 0.1) is 5.25 Å². The Labute approximate surface area is 93.7 Å². The van der Waals surface area contributed by atoms with Crippen molar-refractivity contribution < 1.29 is 8.42 Å². The molecule has 0 spiro atoms. The molecule has 3 unspecified atom stereocenters. The van der Waals surface area contributed by atoms with Crippen molar-refractivity contribution in [3.63, 3.8) is 0 Å². The molecule has 3 atom stereocenters. The number of hydrogen-bond acceptors (Lipinski definition) is 2. The highest BCUT2D eigenvalue weighted by Gasteiger charge is 2.38. The molecule has 1 aliphatic carbocycles. The van der Waals surface area contributed by atoms with Crippen LogP contribution in [0.1, 0.15) is 40.0 Å². The van der Waals surface area contributed by atoms with Crippen LogP contribution in [0.5, 0.6) is 0 Å². The third kappa shape index (κ3) is 2.94. The smallest absolute Gasteiger partial charge is 0.214 e. The van der Waals surface area contributed by atoms with E-state index in [9.17, 15) is 8.42 Å². The molecule has 1 N–H and O–H groups in total. The summed E-state index contributed by atoms with van der Waals surface area (Å²) in [4.78, 5) is 0. The first-order chi connectivity index (χ1) is 6.88. The van der Waals surface area contributed by atoms with E-state index >= 15 is 0 Å². The van der Waals surface area contributed by atoms with Crippen LogP contribution >= 0.6 is 0 Å². The molecular formula is C11H23NO2S. The van der Waals surface area contributed by atoms with E-state index in [1.54, 1.807) is 0 Å². The first kappa shape index (κ1) is 13.0. The maximum Gasteiger partial charge on any atom is 0.214 e. The first-order valence-corrected chi connectivity index (χ1v) is 7.35. The molecule has 1 rings (SSSR count). The van der Waals surface area contributed by atoms with Gasteiger partial charge in [0.15, 0.2) is 0 Å². The molecule has 1 fully saturated rings. The van der Waals surface area contributed by atoms with Gasteiger partial charge in [0.2, 0.25) is 10.0 Å². The minimum atomic E-state index is -3.10. The first-order valence-electron chi connectivity index (χ1n) is 5.80. The standard InChI is InChI=1S/C11H23NO2S/c1-8(2)10-6-5-9(3)7-11(10)15(13,14)12-4/h8-12H,5-7H2,1-4H3. The molecule has 0 aliphatic heterocycles. The molecule has 90 valence electrons. The van der Waals surface area contributed by atoms with Crippen molar-refractivity contribution in [2.24, 2.45) is 17.8 Å². The highest BCUT2D eigenvalue weighted by molar-refractivity contribution is 7.90. The van der Waals surface area contributed by atoms with Gasteiger partial charge in [0, 0.05) is 0 Å². The lowest BCUT2D eigenvalue weighted by Crippen LogP contribution is -2.42. The van der Waals surface area contributed by atoms with E-state index < -0.39 is 10.0 Å². The van der Waals surface area contributed by atoms with Crippen LogP contribution in [0.3, 0.4) is 0 Å². The molecule has 0 aromatic carbocycles. The summed E-state index contributed by atoms with van der Waals surface area (Å²) in [5.41, 5.74) is 0. The Kier molecular flexibility index (Phi) is 4.18. The second-order valence-corrected chi connectivity index (χ2v) is 7.22. The van der Waals surface area contributed by atoms with Crippen molar-refractivity contribution in [1.82, 2.24) is 4.72 Å². The third-order valence-corrected chi connectivity index (χ3v) is 5.55. The molecule has 0 heterocycles. The lowest BCUT2D eigenvalue weighted by Gasteiger charge is -2.36. The SMILES string of the molecule is CNS(=O)(=O)C1CC(C)CCC1C(C)C. The second-order valence-electron chi connectivity index (χ2n) is 5.11. The monoisotopic (exact) mass is 233 g/mol. The Bertz CT molecular complexity index is 298. The van der Waals surface area contributed by atoms with Gasteiger partial charge in [-0.05, 0) is 37.6 Å². The molecule has 0 aromatic heterocycles. The minimum absolute atomic E-state index is 0.189. The number of rotatable bonds is 3. The summed E-state index contributed by atoms with van der Waals surface area (Å²) in [5, 5.41) is -0.189. The quantitative estimate of drug-likeness (QED) is 0.810. The average Bonchev–Trinajstić information content (AvgIpc) is 2.17. The van der Waals surface area contributed by atoms with Gasteiger partial charge in [0.25, 0.3) is 0 Å². The van der Waals surface area contributed by atoms with Crippen molar-refractivity contribution in [1.29, 1.82) is 0 Å². The Balaban J connectivity index is 2.89. The normalized spacial score (nSPS) is 33.3. The summed E-state index contributed by atoms with van der Waals surface area (Å²) < 4.78 is 26.3. The van der Waals surface area contributed by atoms with Gasteiger partial charge in [-0.15, -0.1) is 0 Å². The van der Waals surface area contributed by atoms with E-state index in [0.717, 1.165) is 12.8 Å². The maximum atomic E-state index is 11.9. The predicted molar refractivity (Wildman–Crippen MR) is 63.1 cm³/mol. The second kappa shape index (κ2) is 4.83. The average molecular weight is 233 g/mol. The fourth-order valence-electron chi connectivity index (χ4n) is 2.62. The molecule has 0 amide bonds. The fourth-order valence-corrected chi connectivity index (χ4v) is 4.42. The van der Waals surface area contributed by atoms with Crippen LogP contribution in [0, 0.1) is 17.8 Å². The summed E-state index contributed by atoms with van der Waals surface area (Å²) in [7, 11) is -1.58. The number of sulfonamides is 1. The van der Waals surface area contributed by atoms with Crippen LogP contribution < -0.4 is 4.72 Å². The van der Waals surface area contributed by atoms with Crippen molar-refractivity contribution in [2.45, 2.75) is 45.3 Å². The Hall–Kier alpha value is -0.0900. The minimum Gasteiger partial charge on any atom is -0.218 e. The van der Waals surface area contributed by atoms with E-state index in [1.165, 1.54) is 13.5 Å². The molecular weight excluding hydrogens is 210 g/mol. The van der Waals surface area contributed by atoms with Gasteiger partial charge in [0.1, 0.15) is 0 Å². The van der Waals surface area contributed by atoms with Gasteiger partial charge in [-0.25, -0.2) is 13.1 Å². The van der Waals surface area contributed by atoms with Crippen LogP contribution in [0.2, 0.25) is 0 Å². The van der Waals surface area contributed by atoms with Crippen LogP contribution in [0.25, 0.3) is 0 Å². The summed E-state index contributed by atoms with van der Waals surface area (Å²) in [6.07, 6.45) is 3.02. The molecule has 4 heteroatoms. The van der Waals surface area contributed by atoms with Crippen molar-refractivity contribution in [3.8, 4) is 0 Å². The molecule has 0 saturated heterocycles. The van der Waals surface area contributed by atoms with E-state index in [1.807, 2.05) is 0 Å². The zero-order valence-electron chi connectivity index (χ0n) is 10.2. The van der Waals surface area contributed by atoms with E-state index in [2.05, 4.69) is 25.5 Å². The summed E-state index contributed by atoms with van der Waals surface area (Å²) in [5.74, 6) is 1.30. The highest BCUT2D eigenvalue weighted by Crippen LogP contribution is 2.36. The Morgan fingerprint density at radius 3 is 2.33 bits per heavy atom. The predicted octanol–water partition coefficient (Wildman–Crippen LogP) is 2.00. The third-order valence-electron chi connectivity index (χ3n) is 3.64. The molecule has 0 aromatic rings. The topological polar surface area (TPSA) is 46.2 Å². The number of hydrogen-bond donors (Lipinski definition) is 1. The maximum absolute atomic E-state index is 11.9. The van der Waals surface area contributed by atoms with Gasteiger partial charge < -0.3 is 0 Å². The summed E-state index contributed by atoms with van der Waals surface area (Å²) >= 11 is 0.